The van der Waals surface area contributed by atoms with Crippen LogP contribution in [0, 0.1) is 0 Å². The summed E-state index contributed by atoms with van der Waals surface area (Å²) in [5.41, 5.74) is 8.30. The topological polar surface area (TPSA) is 29.3 Å². The summed E-state index contributed by atoms with van der Waals surface area (Å²) in [7, 11) is 0. The standard InChI is InChI=1S/C11H15ClN2/c12-8-10-7-9-3-1-2-4-11(9)14(10)6-5-13/h1-4,10H,5-8,13H2. The monoisotopic (exact) mass is 210 g/mol. The van der Waals surface area contributed by atoms with E-state index in [-0.39, 0.29) is 0 Å². The fourth-order valence-corrected chi connectivity index (χ4v) is 2.38. The van der Waals surface area contributed by atoms with E-state index in [4.69, 9.17) is 17.3 Å². The van der Waals surface area contributed by atoms with E-state index in [9.17, 15) is 0 Å². The molecule has 0 radical (unpaired) electrons. The highest BCUT2D eigenvalue weighted by atomic mass is 35.5. The predicted octanol–water partition coefficient (Wildman–Crippen LogP) is 1.62. The number of para-hydroxylation sites is 1. The van der Waals surface area contributed by atoms with Crippen molar-refractivity contribution in [2.75, 3.05) is 23.9 Å². The smallest absolute Gasteiger partial charge is 0.0467 e. The zero-order valence-corrected chi connectivity index (χ0v) is 8.87. The van der Waals surface area contributed by atoms with Crippen LogP contribution in [0.5, 0.6) is 0 Å². The minimum Gasteiger partial charge on any atom is -0.366 e. The highest BCUT2D eigenvalue weighted by molar-refractivity contribution is 6.18. The van der Waals surface area contributed by atoms with E-state index >= 15 is 0 Å². The summed E-state index contributed by atoms with van der Waals surface area (Å²) >= 11 is 5.95. The SMILES string of the molecule is NCCN1c2ccccc2CC1CCl. The number of nitrogens with two attached hydrogens (primary N) is 1. The average molecular weight is 211 g/mol. The maximum Gasteiger partial charge on any atom is 0.0467 e. The van der Waals surface area contributed by atoms with E-state index in [0.717, 1.165) is 13.0 Å². The summed E-state index contributed by atoms with van der Waals surface area (Å²) in [5.74, 6) is 0.675. The summed E-state index contributed by atoms with van der Waals surface area (Å²) in [6.07, 6.45) is 1.06. The lowest BCUT2D eigenvalue weighted by Crippen LogP contribution is -2.37. The summed E-state index contributed by atoms with van der Waals surface area (Å²) < 4.78 is 0. The van der Waals surface area contributed by atoms with Crippen LogP contribution < -0.4 is 10.6 Å². The van der Waals surface area contributed by atoms with Gasteiger partial charge >= 0.3 is 0 Å². The molecule has 0 saturated heterocycles. The first-order valence-electron chi connectivity index (χ1n) is 4.97. The molecule has 1 aromatic carbocycles. The molecule has 0 fully saturated rings. The summed E-state index contributed by atoms with van der Waals surface area (Å²) in [5, 5.41) is 0. The Hall–Kier alpha value is -0.730. The zero-order valence-electron chi connectivity index (χ0n) is 8.12. The van der Waals surface area contributed by atoms with Gasteiger partial charge in [0.25, 0.3) is 0 Å². The van der Waals surface area contributed by atoms with Crippen molar-refractivity contribution in [2.45, 2.75) is 12.5 Å². The van der Waals surface area contributed by atoms with Crippen molar-refractivity contribution in [3.8, 4) is 0 Å². The van der Waals surface area contributed by atoms with Crippen LogP contribution in [0.15, 0.2) is 24.3 Å². The molecule has 76 valence electrons. The molecule has 14 heavy (non-hydrogen) atoms. The number of rotatable bonds is 3. The first kappa shape index (κ1) is 9.81. The van der Waals surface area contributed by atoms with Crippen LogP contribution in [-0.2, 0) is 6.42 Å². The molecule has 0 spiro atoms. The van der Waals surface area contributed by atoms with Crippen molar-refractivity contribution in [2.24, 2.45) is 5.73 Å². The Bertz CT molecular complexity index is 314. The van der Waals surface area contributed by atoms with Crippen LogP contribution in [-0.4, -0.2) is 25.0 Å². The van der Waals surface area contributed by atoms with Gasteiger partial charge in [-0.15, -0.1) is 11.6 Å². The summed E-state index contributed by atoms with van der Waals surface area (Å²) in [6, 6.07) is 8.90. The fraction of sp³-hybridized carbons (Fsp3) is 0.455. The van der Waals surface area contributed by atoms with Gasteiger partial charge in [-0.25, -0.2) is 0 Å². The van der Waals surface area contributed by atoms with Gasteiger partial charge < -0.3 is 10.6 Å². The number of anilines is 1. The zero-order chi connectivity index (χ0) is 9.97. The molecule has 1 aromatic rings. The molecule has 2 nitrogen and oxygen atoms in total. The molecule has 2 rings (SSSR count). The molecule has 1 aliphatic heterocycles. The van der Waals surface area contributed by atoms with Gasteiger partial charge in [0, 0.05) is 30.7 Å². The molecule has 2 N–H and O–H groups in total. The van der Waals surface area contributed by atoms with Crippen LogP contribution in [0.25, 0.3) is 0 Å². The molecule has 0 amide bonds. The van der Waals surface area contributed by atoms with Crippen LogP contribution >= 0.6 is 11.6 Å². The third-order valence-electron chi connectivity index (χ3n) is 2.75. The maximum atomic E-state index is 5.95. The van der Waals surface area contributed by atoms with E-state index in [2.05, 4.69) is 29.2 Å². The van der Waals surface area contributed by atoms with Gasteiger partial charge in [-0.3, -0.25) is 0 Å². The molecule has 3 heteroatoms. The Balaban J connectivity index is 2.27. The Labute approximate surface area is 89.7 Å². The van der Waals surface area contributed by atoms with Crippen molar-refractivity contribution in [1.82, 2.24) is 0 Å². The van der Waals surface area contributed by atoms with Crippen molar-refractivity contribution in [1.29, 1.82) is 0 Å². The molecular weight excluding hydrogens is 196 g/mol. The van der Waals surface area contributed by atoms with Crippen LogP contribution in [0.3, 0.4) is 0 Å². The highest BCUT2D eigenvalue weighted by Crippen LogP contribution is 2.31. The second-order valence-electron chi connectivity index (χ2n) is 3.62. The van der Waals surface area contributed by atoms with Gasteiger partial charge in [0.1, 0.15) is 0 Å². The van der Waals surface area contributed by atoms with Gasteiger partial charge in [0.15, 0.2) is 0 Å². The predicted molar refractivity (Wildman–Crippen MR) is 61.1 cm³/mol. The van der Waals surface area contributed by atoms with E-state index in [0.29, 0.717) is 18.5 Å². The first-order valence-corrected chi connectivity index (χ1v) is 5.51. The quantitative estimate of drug-likeness (QED) is 0.769. The third kappa shape index (κ3) is 1.60. The molecule has 1 heterocycles. The van der Waals surface area contributed by atoms with E-state index in [1.165, 1.54) is 11.3 Å². The molecule has 0 aliphatic carbocycles. The molecule has 0 bridgehead atoms. The van der Waals surface area contributed by atoms with E-state index in [1.807, 2.05) is 0 Å². The lowest BCUT2D eigenvalue weighted by molar-refractivity contribution is 0.679. The van der Waals surface area contributed by atoms with Crippen LogP contribution in [0.4, 0.5) is 5.69 Å². The molecule has 0 saturated carbocycles. The summed E-state index contributed by atoms with van der Waals surface area (Å²) in [4.78, 5) is 2.32. The van der Waals surface area contributed by atoms with Gasteiger partial charge in [-0.05, 0) is 18.1 Å². The number of fused-ring (bicyclic) bond motifs is 1. The van der Waals surface area contributed by atoms with Crippen LogP contribution in [0.1, 0.15) is 5.56 Å². The lowest BCUT2D eigenvalue weighted by Gasteiger charge is -2.25. The maximum absolute atomic E-state index is 5.95. The molecule has 0 aromatic heterocycles. The minimum atomic E-state index is 0.428. The van der Waals surface area contributed by atoms with Crippen molar-refractivity contribution >= 4 is 17.3 Å². The van der Waals surface area contributed by atoms with Gasteiger partial charge in [0.05, 0.1) is 0 Å². The van der Waals surface area contributed by atoms with Crippen molar-refractivity contribution in [3.05, 3.63) is 29.8 Å². The second kappa shape index (κ2) is 4.20. The van der Waals surface area contributed by atoms with Gasteiger partial charge in [0.2, 0.25) is 0 Å². The second-order valence-corrected chi connectivity index (χ2v) is 3.93. The number of benzene rings is 1. The Kier molecular flexibility index (Phi) is 2.94. The highest BCUT2D eigenvalue weighted by Gasteiger charge is 2.27. The third-order valence-corrected chi connectivity index (χ3v) is 3.10. The summed E-state index contributed by atoms with van der Waals surface area (Å²) in [6.45, 7) is 1.58. The normalized spacial score (nSPS) is 19.9. The molecule has 1 aliphatic rings. The van der Waals surface area contributed by atoms with E-state index < -0.39 is 0 Å². The molecule has 1 unspecified atom stereocenters. The Morgan fingerprint density at radius 3 is 2.93 bits per heavy atom. The fourth-order valence-electron chi connectivity index (χ4n) is 2.10. The number of nitrogens with zero attached hydrogens (tertiary/aromatic N) is 1. The largest absolute Gasteiger partial charge is 0.366 e. The van der Waals surface area contributed by atoms with Crippen molar-refractivity contribution < 1.29 is 0 Å². The van der Waals surface area contributed by atoms with Gasteiger partial charge in [-0.1, -0.05) is 18.2 Å². The molecule has 1 atom stereocenters. The lowest BCUT2D eigenvalue weighted by atomic mass is 10.1. The average Bonchev–Trinajstić information content (AvgIpc) is 2.58. The number of halogens is 1. The number of hydrogen-bond acceptors (Lipinski definition) is 2. The first-order chi connectivity index (χ1) is 6.86. The Morgan fingerprint density at radius 2 is 2.21 bits per heavy atom. The molecular formula is C11H15ClN2. The number of alkyl halides is 1. The minimum absolute atomic E-state index is 0.428. The Morgan fingerprint density at radius 1 is 1.43 bits per heavy atom. The number of hydrogen-bond donors (Lipinski definition) is 1. The van der Waals surface area contributed by atoms with Gasteiger partial charge in [-0.2, -0.15) is 0 Å². The van der Waals surface area contributed by atoms with Crippen molar-refractivity contribution in [3.63, 3.8) is 0 Å². The van der Waals surface area contributed by atoms with E-state index in [1.54, 1.807) is 0 Å². The van der Waals surface area contributed by atoms with Crippen LogP contribution in [0.2, 0.25) is 0 Å².